The Morgan fingerprint density at radius 3 is 2.89 bits per heavy atom. The molecule has 0 aliphatic heterocycles. The number of hydrogen-bond acceptors (Lipinski definition) is 2. The second kappa shape index (κ2) is 6.55. The molecule has 0 fully saturated rings. The lowest BCUT2D eigenvalue weighted by atomic mass is 10.2. The van der Waals surface area contributed by atoms with Gasteiger partial charge in [-0.15, -0.1) is 0 Å². The molecule has 0 atom stereocenters. The highest BCUT2D eigenvalue weighted by molar-refractivity contribution is 9.10. The van der Waals surface area contributed by atoms with Crippen LogP contribution in [-0.2, 0) is 6.42 Å². The van der Waals surface area contributed by atoms with Crippen LogP contribution >= 0.6 is 27.5 Å². The molecule has 1 aromatic heterocycles. The molecular formula is C14H17BrClN3. The van der Waals surface area contributed by atoms with Crippen LogP contribution in [0.1, 0.15) is 19.7 Å². The second-order valence-electron chi connectivity index (χ2n) is 4.73. The van der Waals surface area contributed by atoms with Crippen LogP contribution in [0.5, 0.6) is 0 Å². The molecule has 102 valence electrons. The summed E-state index contributed by atoms with van der Waals surface area (Å²) in [4.78, 5) is 7.70. The van der Waals surface area contributed by atoms with E-state index in [4.69, 9.17) is 11.6 Å². The normalized spacial score (nSPS) is 11.2. The third-order valence-corrected chi connectivity index (χ3v) is 3.57. The van der Waals surface area contributed by atoms with Gasteiger partial charge < -0.3 is 10.3 Å². The molecule has 0 amide bonds. The van der Waals surface area contributed by atoms with Crippen LogP contribution in [0, 0.1) is 0 Å². The number of aromatic nitrogens is 2. The number of nitrogens with zero attached hydrogens (tertiary/aromatic N) is 1. The lowest BCUT2D eigenvalue weighted by Gasteiger charge is -2.06. The van der Waals surface area contributed by atoms with Gasteiger partial charge in [-0.1, -0.05) is 47.4 Å². The summed E-state index contributed by atoms with van der Waals surface area (Å²) in [5.74, 6) is 0.974. The number of H-pyrrole nitrogens is 1. The summed E-state index contributed by atoms with van der Waals surface area (Å²) in [6.07, 6.45) is 2.71. The van der Waals surface area contributed by atoms with Crippen molar-refractivity contribution in [3.63, 3.8) is 0 Å². The van der Waals surface area contributed by atoms with Crippen molar-refractivity contribution in [1.82, 2.24) is 15.3 Å². The summed E-state index contributed by atoms with van der Waals surface area (Å²) in [7, 11) is 0. The predicted molar refractivity (Wildman–Crippen MR) is 83.6 cm³/mol. The van der Waals surface area contributed by atoms with E-state index in [2.05, 4.69) is 45.1 Å². The number of rotatable bonds is 5. The van der Waals surface area contributed by atoms with Crippen LogP contribution in [0.25, 0.3) is 11.3 Å². The number of nitrogens with one attached hydrogen (secondary N) is 2. The van der Waals surface area contributed by atoms with E-state index >= 15 is 0 Å². The van der Waals surface area contributed by atoms with E-state index < -0.39 is 0 Å². The third-order valence-electron chi connectivity index (χ3n) is 2.76. The zero-order valence-electron chi connectivity index (χ0n) is 11.0. The van der Waals surface area contributed by atoms with E-state index in [0.29, 0.717) is 11.1 Å². The highest BCUT2D eigenvalue weighted by Crippen LogP contribution is 2.29. The first-order valence-corrected chi connectivity index (χ1v) is 7.46. The molecule has 0 unspecified atom stereocenters. The van der Waals surface area contributed by atoms with Crippen molar-refractivity contribution < 1.29 is 0 Å². The van der Waals surface area contributed by atoms with Gasteiger partial charge in [0, 0.05) is 29.0 Å². The summed E-state index contributed by atoms with van der Waals surface area (Å²) >= 11 is 9.63. The van der Waals surface area contributed by atoms with E-state index in [1.54, 1.807) is 0 Å². The largest absolute Gasteiger partial charge is 0.342 e. The molecule has 0 aliphatic rings. The third kappa shape index (κ3) is 4.06. The fourth-order valence-corrected chi connectivity index (χ4v) is 2.59. The Bertz CT molecular complexity index is 551. The molecule has 0 radical (unpaired) electrons. The fraction of sp³-hybridized carbons (Fsp3) is 0.357. The van der Waals surface area contributed by atoms with E-state index in [1.165, 1.54) is 0 Å². The lowest BCUT2D eigenvalue weighted by Crippen LogP contribution is -2.25. The molecule has 3 nitrogen and oxygen atoms in total. The minimum atomic E-state index is 0.496. The van der Waals surface area contributed by atoms with Crippen LogP contribution in [-0.4, -0.2) is 22.6 Å². The van der Waals surface area contributed by atoms with Gasteiger partial charge in [-0.2, -0.15) is 0 Å². The number of halogens is 2. The molecule has 0 bridgehead atoms. The molecule has 19 heavy (non-hydrogen) atoms. The zero-order chi connectivity index (χ0) is 13.8. The average Bonchev–Trinajstić information content (AvgIpc) is 2.77. The molecule has 0 spiro atoms. The van der Waals surface area contributed by atoms with Crippen molar-refractivity contribution in [1.29, 1.82) is 0 Å². The summed E-state index contributed by atoms with van der Waals surface area (Å²) in [6, 6.07) is 6.34. The number of benzene rings is 1. The first-order valence-electron chi connectivity index (χ1n) is 6.29. The number of imidazole rings is 1. The fourth-order valence-electron chi connectivity index (χ4n) is 1.81. The molecule has 5 heteroatoms. The maximum Gasteiger partial charge on any atom is 0.107 e. The molecular weight excluding hydrogens is 326 g/mol. The van der Waals surface area contributed by atoms with Gasteiger partial charge in [-0.05, 0) is 12.1 Å². The van der Waals surface area contributed by atoms with Crippen LogP contribution in [0.4, 0.5) is 0 Å². The average molecular weight is 343 g/mol. The smallest absolute Gasteiger partial charge is 0.107 e. The van der Waals surface area contributed by atoms with E-state index in [-0.39, 0.29) is 0 Å². The molecule has 2 aromatic rings. The highest BCUT2D eigenvalue weighted by atomic mass is 79.9. The summed E-state index contributed by atoms with van der Waals surface area (Å²) < 4.78 is 0.974. The van der Waals surface area contributed by atoms with Crippen LogP contribution < -0.4 is 5.32 Å². The molecule has 1 heterocycles. The molecule has 0 aliphatic carbocycles. The lowest BCUT2D eigenvalue weighted by molar-refractivity contribution is 0.584. The Labute approximate surface area is 126 Å². The Hall–Kier alpha value is -0.840. The SMILES string of the molecule is CC(C)NCCc1ncc(-c2ccc(Br)cc2Cl)[nH]1. The van der Waals surface area contributed by atoms with Gasteiger partial charge in [0.05, 0.1) is 16.9 Å². The van der Waals surface area contributed by atoms with Crippen molar-refractivity contribution in [3.8, 4) is 11.3 Å². The highest BCUT2D eigenvalue weighted by Gasteiger charge is 2.07. The Morgan fingerprint density at radius 1 is 1.42 bits per heavy atom. The monoisotopic (exact) mass is 341 g/mol. The van der Waals surface area contributed by atoms with E-state index in [0.717, 1.165) is 34.5 Å². The standard InChI is InChI=1S/C14H17BrClN3/c1-9(2)17-6-5-14-18-8-13(19-14)11-4-3-10(15)7-12(11)16/h3-4,7-9,17H,5-6H2,1-2H3,(H,18,19). The molecule has 0 saturated heterocycles. The maximum atomic E-state index is 6.23. The molecule has 0 saturated carbocycles. The van der Waals surface area contributed by atoms with Gasteiger partial charge >= 0.3 is 0 Å². The van der Waals surface area contributed by atoms with Gasteiger partial charge in [-0.3, -0.25) is 0 Å². The van der Waals surface area contributed by atoms with Crippen molar-refractivity contribution in [3.05, 3.63) is 39.7 Å². The predicted octanol–water partition coefficient (Wildman–Crippen LogP) is 4.03. The van der Waals surface area contributed by atoms with Crippen molar-refractivity contribution in [2.24, 2.45) is 0 Å². The minimum absolute atomic E-state index is 0.496. The van der Waals surface area contributed by atoms with Gasteiger partial charge in [0.1, 0.15) is 5.82 Å². The van der Waals surface area contributed by atoms with E-state index in [1.807, 2.05) is 24.4 Å². The first kappa shape index (κ1) is 14.6. The van der Waals surface area contributed by atoms with Gasteiger partial charge in [0.2, 0.25) is 0 Å². The van der Waals surface area contributed by atoms with Gasteiger partial charge in [0.25, 0.3) is 0 Å². The Kier molecular flexibility index (Phi) is 5.02. The van der Waals surface area contributed by atoms with E-state index in [9.17, 15) is 0 Å². The minimum Gasteiger partial charge on any atom is -0.342 e. The molecule has 1 aromatic carbocycles. The van der Waals surface area contributed by atoms with Crippen LogP contribution in [0.15, 0.2) is 28.9 Å². The summed E-state index contributed by atoms with van der Waals surface area (Å²) in [6.45, 7) is 5.18. The topological polar surface area (TPSA) is 40.7 Å². The van der Waals surface area contributed by atoms with Crippen LogP contribution in [0.2, 0.25) is 5.02 Å². The summed E-state index contributed by atoms with van der Waals surface area (Å²) in [5, 5.41) is 4.08. The van der Waals surface area contributed by atoms with Gasteiger partial charge in [-0.25, -0.2) is 4.98 Å². The zero-order valence-corrected chi connectivity index (χ0v) is 13.3. The Morgan fingerprint density at radius 2 is 2.21 bits per heavy atom. The number of aromatic amines is 1. The second-order valence-corrected chi connectivity index (χ2v) is 6.05. The maximum absolute atomic E-state index is 6.23. The van der Waals surface area contributed by atoms with Gasteiger partial charge in [0.15, 0.2) is 0 Å². The van der Waals surface area contributed by atoms with Crippen molar-refractivity contribution in [2.75, 3.05) is 6.54 Å². The summed E-state index contributed by atoms with van der Waals surface area (Å²) in [5.41, 5.74) is 1.93. The first-order chi connectivity index (χ1) is 9.06. The van der Waals surface area contributed by atoms with Crippen molar-refractivity contribution >= 4 is 27.5 Å². The van der Waals surface area contributed by atoms with Crippen molar-refractivity contribution in [2.45, 2.75) is 26.3 Å². The molecule has 2 rings (SSSR count). The van der Waals surface area contributed by atoms with Crippen LogP contribution in [0.3, 0.4) is 0 Å². The molecule has 2 N–H and O–H groups in total. The Balaban J connectivity index is 2.08. The quantitative estimate of drug-likeness (QED) is 0.861. The number of hydrogen-bond donors (Lipinski definition) is 2.